The fourth-order valence-electron chi connectivity index (χ4n) is 2.93. The molecule has 1 saturated heterocycles. The maximum atomic E-state index is 11.1. The van der Waals surface area contributed by atoms with E-state index in [1.54, 1.807) is 0 Å². The number of thiazole rings is 1. The highest BCUT2D eigenvalue weighted by molar-refractivity contribution is 7.13. The van der Waals surface area contributed by atoms with Crippen molar-refractivity contribution in [3.63, 3.8) is 0 Å². The van der Waals surface area contributed by atoms with E-state index in [0.29, 0.717) is 11.0 Å². The lowest BCUT2D eigenvalue weighted by atomic mass is 10.1. The van der Waals surface area contributed by atoms with Gasteiger partial charge in [0.1, 0.15) is 5.82 Å². The van der Waals surface area contributed by atoms with Gasteiger partial charge in [-0.25, -0.2) is 9.97 Å². The van der Waals surface area contributed by atoms with E-state index in [0.717, 1.165) is 43.4 Å². The van der Waals surface area contributed by atoms with Crippen molar-refractivity contribution < 1.29 is 4.79 Å². The van der Waals surface area contributed by atoms with Crippen molar-refractivity contribution in [2.24, 2.45) is 5.92 Å². The number of nitrogens with zero attached hydrogens (tertiary/aromatic N) is 3. The van der Waals surface area contributed by atoms with Gasteiger partial charge in [-0.15, -0.1) is 11.3 Å². The van der Waals surface area contributed by atoms with Gasteiger partial charge in [-0.2, -0.15) is 0 Å². The summed E-state index contributed by atoms with van der Waals surface area (Å²) in [5.41, 5.74) is 2.06. The molecule has 6 nitrogen and oxygen atoms in total. The highest BCUT2D eigenvalue weighted by Crippen LogP contribution is 2.21. The molecular formula is C17H23N5OS. The van der Waals surface area contributed by atoms with Crippen LogP contribution < -0.4 is 10.6 Å². The van der Waals surface area contributed by atoms with Crippen LogP contribution in [0.5, 0.6) is 0 Å². The van der Waals surface area contributed by atoms with E-state index in [2.05, 4.69) is 25.5 Å². The highest BCUT2D eigenvalue weighted by atomic mass is 32.1. The number of rotatable bonds is 6. The van der Waals surface area contributed by atoms with E-state index in [9.17, 15) is 4.79 Å². The van der Waals surface area contributed by atoms with Crippen molar-refractivity contribution in [3.8, 4) is 0 Å². The molecule has 1 unspecified atom stereocenters. The van der Waals surface area contributed by atoms with Crippen LogP contribution in [0.15, 0.2) is 23.6 Å². The van der Waals surface area contributed by atoms with Crippen molar-refractivity contribution in [2.75, 3.05) is 30.3 Å². The molecular weight excluding hydrogens is 322 g/mol. The Balaban J connectivity index is 1.45. The lowest BCUT2D eigenvalue weighted by Crippen LogP contribution is -2.23. The van der Waals surface area contributed by atoms with E-state index in [-0.39, 0.29) is 5.91 Å². The molecule has 3 rings (SSSR count). The van der Waals surface area contributed by atoms with Crippen LogP contribution in [0.3, 0.4) is 0 Å². The number of hydrogen-bond acceptors (Lipinski definition) is 6. The predicted molar refractivity (Wildman–Crippen MR) is 97.3 cm³/mol. The average molecular weight is 345 g/mol. The molecule has 2 aromatic rings. The first-order valence-corrected chi connectivity index (χ1v) is 9.08. The zero-order chi connectivity index (χ0) is 16.9. The third kappa shape index (κ3) is 4.75. The van der Waals surface area contributed by atoms with Gasteiger partial charge < -0.3 is 10.6 Å². The van der Waals surface area contributed by atoms with Crippen molar-refractivity contribution in [1.82, 2.24) is 14.9 Å². The summed E-state index contributed by atoms with van der Waals surface area (Å²) >= 11 is 1.48. The second kappa shape index (κ2) is 7.72. The summed E-state index contributed by atoms with van der Waals surface area (Å²) in [4.78, 5) is 22.4. The first kappa shape index (κ1) is 16.9. The summed E-state index contributed by atoms with van der Waals surface area (Å²) in [6.45, 7) is 7.44. The van der Waals surface area contributed by atoms with Crippen LogP contribution in [0, 0.1) is 12.8 Å². The monoisotopic (exact) mass is 345 g/mol. The highest BCUT2D eigenvalue weighted by Gasteiger charge is 2.23. The molecule has 0 spiro atoms. The summed E-state index contributed by atoms with van der Waals surface area (Å²) in [5, 5.41) is 8.88. The van der Waals surface area contributed by atoms with E-state index in [1.165, 1.54) is 24.7 Å². The van der Waals surface area contributed by atoms with Crippen LogP contribution >= 0.6 is 11.3 Å². The van der Waals surface area contributed by atoms with Gasteiger partial charge in [-0.3, -0.25) is 9.69 Å². The van der Waals surface area contributed by atoms with E-state index in [4.69, 9.17) is 0 Å². The molecule has 0 aromatic carbocycles. The molecule has 0 radical (unpaired) electrons. The van der Waals surface area contributed by atoms with Crippen molar-refractivity contribution in [1.29, 1.82) is 0 Å². The molecule has 1 amide bonds. The zero-order valence-corrected chi connectivity index (χ0v) is 14.9. The molecule has 1 aliphatic heterocycles. The zero-order valence-electron chi connectivity index (χ0n) is 14.1. The molecule has 24 heavy (non-hydrogen) atoms. The van der Waals surface area contributed by atoms with Crippen LogP contribution in [-0.4, -0.2) is 40.4 Å². The molecule has 128 valence electrons. The number of likely N-dealkylation sites (tertiary alicyclic amines) is 1. The molecule has 1 fully saturated rings. The summed E-state index contributed by atoms with van der Waals surface area (Å²) < 4.78 is 0. The average Bonchev–Trinajstić information content (AvgIpc) is 3.15. The Morgan fingerprint density at radius 3 is 3.08 bits per heavy atom. The SMILES string of the molecule is CC(=O)Nc1nc(CN2CCC(CNc3cccc(C)n3)C2)cs1. The molecule has 2 N–H and O–H groups in total. The Hall–Kier alpha value is -1.99. The number of carbonyl (C=O) groups is 1. The van der Waals surface area contributed by atoms with Gasteiger partial charge in [0, 0.05) is 37.6 Å². The maximum Gasteiger partial charge on any atom is 0.223 e. The lowest BCUT2D eigenvalue weighted by Gasteiger charge is -2.15. The molecule has 0 bridgehead atoms. The number of carbonyl (C=O) groups excluding carboxylic acids is 1. The molecule has 1 aliphatic rings. The number of aryl methyl sites for hydroxylation is 1. The standard InChI is InChI=1S/C17H23N5OS/c1-12-4-3-5-16(19-12)18-8-14-6-7-22(9-14)10-15-11-24-17(21-15)20-13(2)23/h3-5,11,14H,6-10H2,1-2H3,(H,18,19)(H,20,21,23). The van der Waals surface area contributed by atoms with Gasteiger partial charge in [0.2, 0.25) is 5.91 Å². The summed E-state index contributed by atoms with van der Waals surface area (Å²) in [6, 6.07) is 6.05. The van der Waals surface area contributed by atoms with Crippen LogP contribution in [0.4, 0.5) is 10.9 Å². The Kier molecular flexibility index (Phi) is 5.42. The Morgan fingerprint density at radius 2 is 2.29 bits per heavy atom. The van der Waals surface area contributed by atoms with Crippen molar-refractivity contribution in [2.45, 2.75) is 26.8 Å². The van der Waals surface area contributed by atoms with Gasteiger partial charge in [0.25, 0.3) is 0 Å². The summed E-state index contributed by atoms with van der Waals surface area (Å²) in [6.07, 6.45) is 1.18. The first-order valence-electron chi connectivity index (χ1n) is 8.20. The minimum atomic E-state index is -0.0760. The first-order chi connectivity index (χ1) is 11.6. The van der Waals surface area contributed by atoms with Gasteiger partial charge in [-0.05, 0) is 37.9 Å². The molecule has 2 aromatic heterocycles. The number of amides is 1. The molecule has 0 aliphatic carbocycles. The topological polar surface area (TPSA) is 70.2 Å². The number of pyridine rings is 1. The van der Waals surface area contributed by atoms with Crippen molar-refractivity contribution >= 4 is 28.2 Å². The predicted octanol–water partition coefficient (Wildman–Crippen LogP) is 2.74. The van der Waals surface area contributed by atoms with Gasteiger partial charge >= 0.3 is 0 Å². The smallest absolute Gasteiger partial charge is 0.223 e. The fourth-order valence-corrected chi connectivity index (χ4v) is 3.68. The van der Waals surface area contributed by atoms with E-state index in [1.807, 2.05) is 30.5 Å². The molecule has 7 heteroatoms. The van der Waals surface area contributed by atoms with Crippen LogP contribution in [0.25, 0.3) is 0 Å². The number of nitrogens with one attached hydrogen (secondary N) is 2. The van der Waals surface area contributed by atoms with Gasteiger partial charge in [-0.1, -0.05) is 6.07 Å². The second-order valence-corrected chi connectivity index (χ2v) is 7.12. The largest absolute Gasteiger partial charge is 0.370 e. The minimum absolute atomic E-state index is 0.0760. The van der Waals surface area contributed by atoms with Gasteiger partial charge in [0.05, 0.1) is 5.69 Å². The van der Waals surface area contributed by atoms with E-state index >= 15 is 0 Å². The number of aromatic nitrogens is 2. The molecule has 1 atom stereocenters. The Labute approximate surface area is 146 Å². The third-order valence-electron chi connectivity index (χ3n) is 4.05. The summed E-state index contributed by atoms with van der Waals surface area (Å²) in [7, 11) is 0. The van der Waals surface area contributed by atoms with Gasteiger partial charge in [0.15, 0.2) is 5.13 Å². The Bertz CT molecular complexity index is 702. The van der Waals surface area contributed by atoms with E-state index < -0.39 is 0 Å². The van der Waals surface area contributed by atoms with Crippen molar-refractivity contribution in [3.05, 3.63) is 35.0 Å². The lowest BCUT2D eigenvalue weighted by molar-refractivity contribution is -0.114. The van der Waals surface area contributed by atoms with Crippen LogP contribution in [0.2, 0.25) is 0 Å². The quantitative estimate of drug-likeness (QED) is 0.842. The number of anilines is 2. The maximum absolute atomic E-state index is 11.1. The summed E-state index contributed by atoms with van der Waals surface area (Å²) in [5.74, 6) is 1.50. The Morgan fingerprint density at radius 1 is 1.42 bits per heavy atom. The minimum Gasteiger partial charge on any atom is -0.370 e. The molecule has 0 saturated carbocycles. The van der Waals surface area contributed by atoms with Crippen LogP contribution in [-0.2, 0) is 11.3 Å². The molecule has 3 heterocycles. The second-order valence-electron chi connectivity index (χ2n) is 6.26. The van der Waals surface area contributed by atoms with Crippen LogP contribution in [0.1, 0.15) is 24.7 Å². The number of hydrogen-bond donors (Lipinski definition) is 2. The third-order valence-corrected chi connectivity index (χ3v) is 4.86. The normalized spacial score (nSPS) is 17.8. The fraction of sp³-hybridized carbons (Fsp3) is 0.471.